The molecule has 0 unspecified atom stereocenters. The van der Waals surface area contributed by atoms with Crippen LogP contribution in [-0.2, 0) is 14.8 Å². The standard InChI is InChI=1S/C12H17ClN2O3S/c1-9-11(13)7-10(8-12(9)14)19(16,17)15-3-2-5-18-6-4-15/h7-8H,2-6,14H2,1H3. The molecule has 0 atom stereocenters. The zero-order chi connectivity index (χ0) is 14.0. The van der Waals surface area contributed by atoms with Crippen LogP contribution in [0.1, 0.15) is 12.0 Å². The van der Waals surface area contributed by atoms with Crippen LogP contribution in [0.3, 0.4) is 0 Å². The summed E-state index contributed by atoms with van der Waals surface area (Å²) in [6.45, 7) is 3.56. The van der Waals surface area contributed by atoms with E-state index in [0.29, 0.717) is 49.0 Å². The van der Waals surface area contributed by atoms with Gasteiger partial charge >= 0.3 is 0 Å². The third kappa shape index (κ3) is 3.02. The molecule has 1 saturated heterocycles. The van der Waals surface area contributed by atoms with E-state index in [1.807, 2.05) is 0 Å². The summed E-state index contributed by atoms with van der Waals surface area (Å²) >= 11 is 6.01. The van der Waals surface area contributed by atoms with Crippen molar-refractivity contribution in [1.29, 1.82) is 0 Å². The molecule has 1 aliphatic heterocycles. The van der Waals surface area contributed by atoms with E-state index in [1.54, 1.807) is 6.92 Å². The lowest BCUT2D eigenvalue weighted by Crippen LogP contribution is -2.33. The molecule has 106 valence electrons. The SMILES string of the molecule is Cc1c(N)cc(S(=O)(=O)N2CCCOCC2)cc1Cl. The number of hydrogen-bond acceptors (Lipinski definition) is 4. The molecule has 0 radical (unpaired) electrons. The van der Waals surface area contributed by atoms with E-state index >= 15 is 0 Å². The van der Waals surface area contributed by atoms with E-state index in [1.165, 1.54) is 16.4 Å². The Labute approximate surface area is 118 Å². The maximum absolute atomic E-state index is 12.5. The van der Waals surface area contributed by atoms with Crippen molar-refractivity contribution in [1.82, 2.24) is 4.31 Å². The first kappa shape index (κ1) is 14.6. The lowest BCUT2D eigenvalue weighted by Gasteiger charge is -2.20. The molecule has 0 amide bonds. The van der Waals surface area contributed by atoms with E-state index in [9.17, 15) is 8.42 Å². The van der Waals surface area contributed by atoms with Gasteiger partial charge in [-0.2, -0.15) is 4.31 Å². The first-order valence-corrected chi connectivity index (χ1v) is 7.88. The van der Waals surface area contributed by atoms with Crippen LogP contribution >= 0.6 is 11.6 Å². The zero-order valence-corrected chi connectivity index (χ0v) is 12.3. The number of nitrogen functional groups attached to an aromatic ring is 1. The van der Waals surface area contributed by atoms with Crippen molar-refractivity contribution in [2.75, 3.05) is 32.0 Å². The van der Waals surface area contributed by atoms with Gasteiger partial charge < -0.3 is 10.5 Å². The Morgan fingerprint density at radius 2 is 2.05 bits per heavy atom. The van der Waals surface area contributed by atoms with Gasteiger partial charge in [0.25, 0.3) is 0 Å². The topological polar surface area (TPSA) is 72.6 Å². The highest BCUT2D eigenvalue weighted by Crippen LogP contribution is 2.28. The minimum atomic E-state index is -3.56. The van der Waals surface area contributed by atoms with Gasteiger partial charge in [0.05, 0.1) is 11.5 Å². The quantitative estimate of drug-likeness (QED) is 0.843. The third-order valence-corrected chi connectivity index (χ3v) is 5.45. The Kier molecular flexibility index (Phi) is 4.35. The molecule has 5 nitrogen and oxygen atoms in total. The molecular weight excluding hydrogens is 288 g/mol. The molecule has 1 aromatic carbocycles. The lowest BCUT2D eigenvalue weighted by molar-refractivity contribution is 0.148. The van der Waals surface area contributed by atoms with Crippen LogP contribution in [0, 0.1) is 6.92 Å². The molecule has 0 aromatic heterocycles. The second kappa shape index (κ2) is 5.66. The van der Waals surface area contributed by atoms with Crippen LogP contribution < -0.4 is 5.73 Å². The first-order chi connectivity index (χ1) is 8.93. The highest BCUT2D eigenvalue weighted by Gasteiger charge is 2.26. The third-order valence-electron chi connectivity index (χ3n) is 3.18. The number of sulfonamides is 1. The van der Waals surface area contributed by atoms with Crippen molar-refractivity contribution in [3.05, 3.63) is 22.7 Å². The normalized spacial score (nSPS) is 18.2. The van der Waals surface area contributed by atoms with Crippen molar-refractivity contribution < 1.29 is 13.2 Å². The Hall–Kier alpha value is -0.820. The Morgan fingerprint density at radius 1 is 1.32 bits per heavy atom. The van der Waals surface area contributed by atoms with Gasteiger partial charge in [-0.1, -0.05) is 11.6 Å². The van der Waals surface area contributed by atoms with Crippen LogP contribution in [-0.4, -0.2) is 39.0 Å². The Morgan fingerprint density at radius 3 is 2.74 bits per heavy atom. The molecule has 19 heavy (non-hydrogen) atoms. The summed E-state index contributed by atoms with van der Waals surface area (Å²) < 4.78 is 31.7. The van der Waals surface area contributed by atoms with Crippen LogP contribution in [0.25, 0.3) is 0 Å². The predicted octanol–water partition coefficient (Wildman–Crippen LogP) is 1.64. The maximum Gasteiger partial charge on any atom is 0.243 e. The van der Waals surface area contributed by atoms with Crippen LogP contribution in [0.4, 0.5) is 5.69 Å². The second-order valence-electron chi connectivity index (χ2n) is 4.49. The predicted molar refractivity (Wildman–Crippen MR) is 74.8 cm³/mol. The summed E-state index contributed by atoms with van der Waals surface area (Å²) in [6, 6.07) is 2.91. The summed E-state index contributed by atoms with van der Waals surface area (Å²) in [5.74, 6) is 0. The van der Waals surface area contributed by atoms with Crippen molar-refractivity contribution in [2.45, 2.75) is 18.2 Å². The van der Waals surface area contributed by atoms with Gasteiger partial charge in [-0.05, 0) is 31.0 Å². The minimum absolute atomic E-state index is 0.141. The zero-order valence-electron chi connectivity index (χ0n) is 10.7. The number of anilines is 1. The fourth-order valence-electron chi connectivity index (χ4n) is 1.94. The molecule has 0 aliphatic carbocycles. The number of nitrogens with zero attached hydrogens (tertiary/aromatic N) is 1. The van der Waals surface area contributed by atoms with Gasteiger partial charge in [0, 0.05) is 30.4 Å². The number of halogens is 1. The fourth-order valence-corrected chi connectivity index (χ4v) is 3.75. The van der Waals surface area contributed by atoms with Crippen LogP contribution in [0.2, 0.25) is 5.02 Å². The van der Waals surface area contributed by atoms with Gasteiger partial charge in [0.1, 0.15) is 0 Å². The lowest BCUT2D eigenvalue weighted by atomic mass is 10.2. The molecule has 1 heterocycles. The van der Waals surface area contributed by atoms with Gasteiger partial charge in [-0.3, -0.25) is 0 Å². The largest absolute Gasteiger partial charge is 0.398 e. The molecule has 7 heteroatoms. The molecule has 0 saturated carbocycles. The summed E-state index contributed by atoms with van der Waals surface area (Å²) in [6.07, 6.45) is 0.689. The van der Waals surface area contributed by atoms with Gasteiger partial charge in [0.2, 0.25) is 10.0 Å². The van der Waals surface area contributed by atoms with Crippen LogP contribution in [0.5, 0.6) is 0 Å². The fraction of sp³-hybridized carbons (Fsp3) is 0.500. The minimum Gasteiger partial charge on any atom is -0.398 e. The smallest absolute Gasteiger partial charge is 0.243 e. The number of hydrogen-bond donors (Lipinski definition) is 1. The van der Waals surface area contributed by atoms with Crippen molar-refractivity contribution in [3.8, 4) is 0 Å². The Bertz CT molecular complexity index is 543. The molecule has 0 bridgehead atoms. The van der Waals surface area contributed by atoms with Crippen LogP contribution in [0.15, 0.2) is 17.0 Å². The summed E-state index contributed by atoms with van der Waals surface area (Å²) in [4.78, 5) is 0.141. The van der Waals surface area contributed by atoms with E-state index in [2.05, 4.69) is 0 Å². The van der Waals surface area contributed by atoms with Gasteiger partial charge in [-0.25, -0.2) is 8.42 Å². The number of benzene rings is 1. The monoisotopic (exact) mass is 304 g/mol. The van der Waals surface area contributed by atoms with Crippen molar-refractivity contribution >= 4 is 27.3 Å². The maximum atomic E-state index is 12.5. The second-order valence-corrected chi connectivity index (χ2v) is 6.83. The van der Waals surface area contributed by atoms with E-state index in [-0.39, 0.29) is 4.90 Å². The molecule has 0 spiro atoms. The number of nitrogens with two attached hydrogens (primary N) is 1. The molecular formula is C12H17ClN2O3S. The molecule has 1 aromatic rings. The summed E-state index contributed by atoms with van der Waals surface area (Å²) in [5, 5.41) is 0.365. The van der Waals surface area contributed by atoms with E-state index < -0.39 is 10.0 Å². The molecule has 1 aliphatic rings. The highest BCUT2D eigenvalue weighted by atomic mass is 35.5. The Balaban J connectivity index is 2.38. The first-order valence-electron chi connectivity index (χ1n) is 6.06. The molecule has 2 rings (SSSR count). The van der Waals surface area contributed by atoms with E-state index in [0.717, 1.165) is 0 Å². The van der Waals surface area contributed by atoms with Crippen molar-refractivity contribution in [3.63, 3.8) is 0 Å². The van der Waals surface area contributed by atoms with E-state index in [4.69, 9.17) is 22.1 Å². The van der Waals surface area contributed by atoms with Gasteiger partial charge in [-0.15, -0.1) is 0 Å². The summed E-state index contributed by atoms with van der Waals surface area (Å²) in [5.41, 5.74) is 6.87. The average molecular weight is 305 g/mol. The number of ether oxygens (including phenoxy) is 1. The molecule has 1 fully saturated rings. The van der Waals surface area contributed by atoms with Crippen molar-refractivity contribution in [2.24, 2.45) is 0 Å². The highest BCUT2D eigenvalue weighted by molar-refractivity contribution is 7.89. The summed E-state index contributed by atoms with van der Waals surface area (Å²) in [7, 11) is -3.56. The molecule has 2 N–H and O–H groups in total. The van der Waals surface area contributed by atoms with Gasteiger partial charge in [0.15, 0.2) is 0 Å². The average Bonchev–Trinajstić information content (AvgIpc) is 2.64. The number of rotatable bonds is 2.